The van der Waals surface area contributed by atoms with E-state index in [1.807, 2.05) is 54.3 Å². The van der Waals surface area contributed by atoms with Crippen LogP contribution in [0.3, 0.4) is 0 Å². The summed E-state index contributed by atoms with van der Waals surface area (Å²) < 4.78 is 10.5. The number of carbonyl (C=O) groups excluding carboxylic acids is 2. The summed E-state index contributed by atoms with van der Waals surface area (Å²) in [6.45, 7) is 2.32. The Bertz CT molecular complexity index is 1450. The highest BCUT2D eigenvalue weighted by molar-refractivity contribution is 5.91. The van der Waals surface area contributed by atoms with Gasteiger partial charge in [-0.3, -0.25) is 4.79 Å². The number of esters is 2. The molecule has 2 unspecified atom stereocenters. The summed E-state index contributed by atoms with van der Waals surface area (Å²) in [6, 6.07) is 34.3. The molecule has 5 heteroatoms. The minimum Gasteiger partial charge on any atom is -0.469 e. The van der Waals surface area contributed by atoms with E-state index in [1.54, 1.807) is 0 Å². The topological polar surface area (TPSA) is 55.8 Å². The number of fused-ring (bicyclic) bond motifs is 3. The minimum absolute atomic E-state index is 0.0247. The molecule has 0 N–H and O–H groups in total. The molecule has 0 amide bonds. The maximum Gasteiger partial charge on any atom is 0.329 e. The van der Waals surface area contributed by atoms with Crippen molar-refractivity contribution in [3.8, 4) is 11.1 Å². The summed E-state index contributed by atoms with van der Waals surface area (Å²) in [5.41, 5.74) is 7.75. The second kappa shape index (κ2) is 11.6. The molecule has 5 rings (SSSR count). The lowest BCUT2D eigenvalue weighted by molar-refractivity contribution is -0.154. The Morgan fingerprint density at radius 3 is 2.03 bits per heavy atom. The molecule has 5 nitrogen and oxygen atoms in total. The fraction of sp³-hybridized carbons (Fsp3) is 0.235. The number of carbonyl (C=O) groups is 2. The average Bonchev–Trinajstić information content (AvgIpc) is 3.34. The summed E-state index contributed by atoms with van der Waals surface area (Å²) in [5, 5.41) is 0. The Hall–Kier alpha value is -4.38. The third kappa shape index (κ3) is 4.92. The number of hydrogen-bond donors (Lipinski definition) is 0. The summed E-state index contributed by atoms with van der Waals surface area (Å²) in [4.78, 5) is 28.6. The fourth-order valence-electron chi connectivity index (χ4n) is 5.90. The Labute approximate surface area is 230 Å². The molecule has 0 saturated heterocycles. The van der Waals surface area contributed by atoms with E-state index in [0.717, 1.165) is 22.4 Å². The predicted molar refractivity (Wildman–Crippen MR) is 153 cm³/mol. The molecule has 0 aliphatic heterocycles. The highest BCUT2D eigenvalue weighted by Gasteiger charge is 2.42. The van der Waals surface area contributed by atoms with Crippen LogP contribution in [0, 0.1) is 5.92 Å². The van der Waals surface area contributed by atoms with Crippen molar-refractivity contribution >= 4 is 17.6 Å². The second-order valence-electron chi connectivity index (χ2n) is 9.79. The van der Waals surface area contributed by atoms with E-state index in [-0.39, 0.29) is 5.92 Å². The summed E-state index contributed by atoms with van der Waals surface area (Å²) in [5.74, 6) is -1.63. The molecular weight excluding hydrogens is 486 g/mol. The molecule has 0 fully saturated rings. The van der Waals surface area contributed by atoms with E-state index in [0.29, 0.717) is 13.0 Å². The zero-order chi connectivity index (χ0) is 27.4. The Kier molecular flexibility index (Phi) is 7.78. The Morgan fingerprint density at radius 2 is 1.36 bits per heavy atom. The van der Waals surface area contributed by atoms with Crippen molar-refractivity contribution in [2.75, 3.05) is 19.1 Å². The fourth-order valence-corrected chi connectivity index (χ4v) is 5.90. The molecule has 4 aromatic rings. The van der Waals surface area contributed by atoms with Crippen LogP contribution in [0.15, 0.2) is 103 Å². The zero-order valence-corrected chi connectivity index (χ0v) is 22.5. The van der Waals surface area contributed by atoms with Gasteiger partial charge in [-0.15, -0.1) is 0 Å². The standard InChI is InChI=1S/C34H33NO4/c1-4-25(33(36)38-2)32(34(37)39-3)35(22-23-14-7-5-8-15-23)29-21-13-20-28-26-18-11-12-19-27(26)30(31(28)29)24-16-9-6-10-17-24/h5-21,25,30,32H,4,22H2,1-3H3/t25?,30?,32-/m0/s1. The molecular formula is C34H33NO4. The Morgan fingerprint density at radius 1 is 0.744 bits per heavy atom. The third-order valence-corrected chi connectivity index (χ3v) is 7.68. The van der Waals surface area contributed by atoms with Gasteiger partial charge in [-0.25, -0.2) is 4.79 Å². The maximum atomic E-state index is 13.5. The van der Waals surface area contributed by atoms with E-state index in [2.05, 4.69) is 60.7 Å². The van der Waals surface area contributed by atoms with Gasteiger partial charge < -0.3 is 14.4 Å². The molecule has 39 heavy (non-hydrogen) atoms. The van der Waals surface area contributed by atoms with Gasteiger partial charge >= 0.3 is 11.9 Å². The first-order chi connectivity index (χ1) is 19.1. The van der Waals surface area contributed by atoms with Gasteiger partial charge in [0, 0.05) is 18.2 Å². The van der Waals surface area contributed by atoms with Gasteiger partial charge in [0.2, 0.25) is 0 Å². The van der Waals surface area contributed by atoms with E-state index < -0.39 is 23.9 Å². The molecule has 4 aromatic carbocycles. The molecule has 1 aliphatic carbocycles. The number of benzene rings is 4. The zero-order valence-electron chi connectivity index (χ0n) is 22.5. The first kappa shape index (κ1) is 26.2. The minimum atomic E-state index is -0.876. The van der Waals surface area contributed by atoms with Crippen molar-refractivity contribution in [1.82, 2.24) is 0 Å². The van der Waals surface area contributed by atoms with Gasteiger partial charge in [0.1, 0.15) is 6.04 Å². The van der Waals surface area contributed by atoms with Crippen LogP contribution < -0.4 is 4.90 Å². The largest absolute Gasteiger partial charge is 0.469 e. The quantitative estimate of drug-likeness (QED) is 0.206. The van der Waals surface area contributed by atoms with Crippen LogP contribution in [0.1, 0.15) is 41.5 Å². The number of methoxy groups -OCH3 is 2. The van der Waals surface area contributed by atoms with Crippen LogP contribution in [0.25, 0.3) is 11.1 Å². The van der Waals surface area contributed by atoms with Crippen LogP contribution in [-0.4, -0.2) is 32.2 Å². The first-order valence-electron chi connectivity index (χ1n) is 13.3. The highest BCUT2D eigenvalue weighted by atomic mass is 16.5. The normalized spacial score (nSPS) is 15.0. The molecule has 198 valence electrons. The van der Waals surface area contributed by atoms with Crippen molar-refractivity contribution in [1.29, 1.82) is 0 Å². The molecule has 0 radical (unpaired) electrons. The lowest BCUT2D eigenvalue weighted by Crippen LogP contribution is -2.50. The molecule has 0 spiro atoms. The first-order valence-corrected chi connectivity index (χ1v) is 13.3. The number of ether oxygens (including phenoxy) is 2. The number of anilines is 1. The van der Waals surface area contributed by atoms with Crippen LogP contribution in [0.2, 0.25) is 0 Å². The van der Waals surface area contributed by atoms with Crippen LogP contribution >= 0.6 is 0 Å². The van der Waals surface area contributed by atoms with Gasteiger partial charge in [-0.2, -0.15) is 0 Å². The van der Waals surface area contributed by atoms with Crippen LogP contribution in [0.4, 0.5) is 5.69 Å². The van der Waals surface area contributed by atoms with Gasteiger partial charge in [-0.05, 0) is 45.9 Å². The van der Waals surface area contributed by atoms with Crippen molar-refractivity contribution in [2.24, 2.45) is 5.92 Å². The molecule has 0 bridgehead atoms. The van der Waals surface area contributed by atoms with Gasteiger partial charge in [0.25, 0.3) is 0 Å². The number of nitrogens with zero attached hydrogens (tertiary/aromatic N) is 1. The third-order valence-electron chi connectivity index (χ3n) is 7.68. The molecule has 3 atom stereocenters. The van der Waals surface area contributed by atoms with Crippen LogP contribution in [0.5, 0.6) is 0 Å². The molecule has 0 heterocycles. The monoisotopic (exact) mass is 519 g/mol. The van der Waals surface area contributed by atoms with Crippen molar-refractivity contribution in [2.45, 2.75) is 31.8 Å². The van der Waals surface area contributed by atoms with Gasteiger partial charge in [-0.1, -0.05) is 104 Å². The molecule has 0 aromatic heterocycles. The second-order valence-corrected chi connectivity index (χ2v) is 9.79. The molecule has 1 aliphatic rings. The number of hydrogen-bond acceptors (Lipinski definition) is 5. The lowest BCUT2D eigenvalue weighted by atomic mass is 9.87. The van der Waals surface area contributed by atoms with Crippen molar-refractivity contribution in [3.05, 3.63) is 125 Å². The van der Waals surface area contributed by atoms with E-state index in [9.17, 15) is 9.59 Å². The van der Waals surface area contributed by atoms with E-state index in [4.69, 9.17) is 9.47 Å². The lowest BCUT2D eigenvalue weighted by Gasteiger charge is -2.37. The SMILES string of the molecule is CCC(C(=O)OC)[C@@H](C(=O)OC)N(Cc1ccccc1)c1cccc2c1C(c1ccccc1)c1ccccc1-2. The smallest absolute Gasteiger partial charge is 0.329 e. The maximum absolute atomic E-state index is 13.5. The highest BCUT2D eigenvalue weighted by Crippen LogP contribution is 2.52. The summed E-state index contributed by atoms with van der Waals surface area (Å²) in [7, 11) is 2.74. The summed E-state index contributed by atoms with van der Waals surface area (Å²) >= 11 is 0. The predicted octanol–water partition coefficient (Wildman–Crippen LogP) is 6.59. The van der Waals surface area contributed by atoms with Crippen molar-refractivity contribution < 1.29 is 19.1 Å². The number of rotatable bonds is 9. The van der Waals surface area contributed by atoms with Gasteiger partial charge in [0.15, 0.2) is 0 Å². The Balaban J connectivity index is 1.76. The van der Waals surface area contributed by atoms with Crippen LogP contribution in [-0.2, 0) is 25.6 Å². The van der Waals surface area contributed by atoms with Gasteiger partial charge in [0.05, 0.1) is 20.1 Å². The van der Waals surface area contributed by atoms with E-state index in [1.165, 1.54) is 30.9 Å². The molecule has 0 saturated carbocycles. The van der Waals surface area contributed by atoms with E-state index >= 15 is 0 Å². The summed E-state index contributed by atoms with van der Waals surface area (Å²) in [6.07, 6.45) is 0.426. The van der Waals surface area contributed by atoms with Crippen molar-refractivity contribution in [3.63, 3.8) is 0 Å². The average molecular weight is 520 g/mol.